The molecule has 17 heavy (non-hydrogen) atoms. The number of nitrogens with zero attached hydrogens (tertiary/aromatic N) is 1. The lowest BCUT2D eigenvalue weighted by molar-refractivity contribution is 0.371. The van der Waals surface area contributed by atoms with Crippen LogP contribution in [-0.2, 0) is 4.74 Å². The van der Waals surface area contributed by atoms with Crippen LogP contribution in [-0.4, -0.2) is 0 Å². The zero-order chi connectivity index (χ0) is 12.7. The van der Waals surface area contributed by atoms with Gasteiger partial charge in [-0.25, -0.2) is 0 Å². The molecule has 0 bridgehead atoms. The first kappa shape index (κ1) is 14.1. The molecule has 0 atom stereocenters. The van der Waals surface area contributed by atoms with Crippen LogP contribution >= 0.6 is 11.6 Å². The minimum atomic E-state index is 0.716. The molecule has 0 radical (unpaired) electrons. The third-order valence-corrected chi connectivity index (χ3v) is 3.59. The van der Waals surface area contributed by atoms with Crippen molar-refractivity contribution in [3.63, 3.8) is 0 Å². The molecule has 2 nitrogen and oxygen atoms in total. The summed E-state index contributed by atoms with van der Waals surface area (Å²) in [6, 6.07) is 0. The third kappa shape index (κ3) is 4.09. The monoisotopic (exact) mass is 253 g/mol. The van der Waals surface area contributed by atoms with E-state index < -0.39 is 0 Å². The van der Waals surface area contributed by atoms with Gasteiger partial charge in [0.2, 0.25) is 0 Å². The third-order valence-electron chi connectivity index (χ3n) is 3.17. The quantitative estimate of drug-likeness (QED) is 0.392. The van der Waals surface area contributed by atoms with Crippen molar-refractivity contribution in [3.8, 4) is 6.26 Å². The predicted molar refractivity (Wildman–Crippen MR) is 70.3 cm³/mol. The highest BCUT2D eigenvalue weighted by Crippen LogP contribution is 2.37. The Morgan fingerprint density at radius 2 is 2.06 bits per heavy atom. The maximum atomic E-state index is 8.54. The molecular formula is C14H20ClNO. The fourth-order valence-electron chi connectivity index (χ4n) is 2.24. The Morgan fingerprint density at radius 1 is 1.35 bits per heavy atom. The molecule has 0 spiro atoms. The molecular weight excluding hydrogens is 234 g/mol. The van der Waals surface area contributed by atoms with Crippen LogP contribution in [0.1, 0.15) is 58.8 Å². The van der Waals surface area contributed by atoms with Gasteiger partial charge in [-0.15, -0.1) is 5.26 Å². The maximum Gasteiger partial charge on any atom is 0.291 e. The van der Waals surface area contributed by atoms with Gasteiger partial charge in [0.1, 0.15) is 5.76 Å². The second-order valence-electron chi connectivity index (χ2n) is 4.42. The molecule has 1 aliphatic rings. The summed E-state index contributed by atoms with van der Waals surface area (Å²) in [6.45, 7) is 4.03. The summed E-state index contributed by atoms with van der Waals surface area (Å²) in [7, 11) is 0. The van der Waals surface area contributed by atoms with Gasteiger partial charge in [-0.3, -0.25) is 0 Å². The highest BCUT2D eigenvalue weighted by Gasteiger charge is 2.20. The predicted octanol–water partition coefficient (Wildman–Crippen LogP) is 5.02. The molecule has 0 saturated heterocycles. The Kier molecular flexibility index (Phi) is 6.15. The van der Waals surface area contributed by atoms with Crippen molar-refractivity contribution in [2.75, 3.05) is 0 Å². The minimum absolute atomic E-state index is 0.716. The number of hydrogen-bond donors (Lipinski definition) is 0. The van der Waals surface area contributed by atoms with Crippen LogP contribution in [0.25, 0.3) is 0 Å². The highest BCUT2D eigenvalue weighted by atomic mass is 35.5. The molecule has 1 fully saturated rings. The van der Waals surface area contributed by atoms with Crippen molar-refractivity contribution in [3.05, 3.63) is 21.9 Å². The van der Waals surface area contributed by atoms with E-state index in [2.05, 4.69) is 6.92 Å². The molecule has 0 aromatic carbocycles. The summed E-state index contributed by atoms with van der Waals surface area (Å²) in [4.78, 5) is 0. The van der Waals surface area contributed by atoms with Crippen LogP contribution in [0, 0.1) is 11.5 Å². The summed E-state index contributed by atoms with van der Waals surface area (Å²) < 4.78 is 4.92. The van der Waals surface area contributed by atoms with E-state index >= 15 is 0 Å². The van der Waals surface area contributed by atoms with Gasteiger partial charge < -0.3 is 4.74 Å². The molecule has 1 aliphatic carbocycles. The maximum absolute atomic E-state index is 8.54. The number of rotatable bonds is 5. The molecule has 0 amide bonds. The molecule has 1 saturated carbocycles. The number of allylic oxidation sites excluding steroid dienone is 4. The van der Waals surface area contributed by atoms with Gasteiger partial charge >= 0.3 is 0 Å². The highest BCUT2D eigenvalue weighted by molar-refractivity contribution is 6.30. The number of hydrogen-bond acceptors (Lipinski definition) is 2. The zero-order valence-electron chi connectivity index (χ0n) is 10.7. The lowest BCUT2D eigenvalue weighted by Crippen LogP contribution is -1.91. The molecule has 0 aliphatic heterocycles. The van der Waals surface area contributed by atoms with Gasteiger partial charge in [0.05, 0.1) is 0 Å². The van der Waals surface area contributed by atoms with E-state index in [0.29, 0.717) is 5.76 Å². The van der Waals surface area contributed by atoms with Crippen molar-refractivity contribution in [2.24, 2.45) is 0 Å². The van der Waals surface area contributed by atoms with Gasteiger partial charge in [-0.05, 0) is 50.2 Å². The van der Waals surface area contributed by atoms with E-state index in [1.54, 1.807) is 6.26 Å². The molecule has 0 N–H and O–H groups in total. The normalized spacial score (nSPS) is 21.1. The lowest BCUT2D eigenvalue weighted by Gasteiger charge is -2.08. The SMILES string of the molecule is CCCCC/C(Cl)=C1/CCC/C1=C(/C)OC#N. The Labute approximate surface area is 109 Å². The number of ether oxygens (including phenoxy) is 1. The average Bonchev–Trinajstić information content (AvgIpc) is 2.78. The lowest BCUT2D eigenvalue weighted by atomic mass is 10.1. The Balaban J connectivity index is 2.77. The van der Waals surface area contributed by atoms with Crippen LogP contribution in [0.4, 0.5) is 0 Å². The number of unbranched alkanes of at least 4 members (excludes halogenated alkanes) is 2. The fourth-order valence-corrected chi connectivity index (χ4v) is 2.58. The molecule has 0 unspecified atom stereocenters. The molecule has 3 heteroatoms. The summed E-state index contributed by atoms with van der Waals surface area (Å²) in [6.07, 6.45) is 9.36. The van der Waals surface area contributed by atoms with Crippen LogP contribution in [0.5, 0.6) is 0 Å². The van der Waals surface area contributed by atoms with E-state index in [-0.39, 0.29) is 0 Å². The van der Waals surface area contributed by atoms with Crippen LogP contribution in [0.3, 0.4) is 0 Å². The van der Waals surface area contributed by atoms with E-state index in [0.717, 1.165) is 42.7 Å². The Bertz CT molecular complexity index is 363. The van der Waals surface area contributed by atoms with Crippen LogP contribution in [0.15, 0.2) is 21.9 Å². The van der Waals surface area contributed by atoms with Crippen molar-refractivity contribution < 1.29 is 4.74 Å². The largest absolute Gasteiger partial charge is 0.393 e. The Morgan fingerprint density at radius 3 is 2.71 bits per heavy atom. The molecule has 1 rings (SSSR count). The van der Waals surface area contributed by atoms with Gasteiger partial charge in [0.25, 0.3) is 6.26 Å². The first-order chi connectivity index (χ1) is 8.20. The van der Waals surface area contributed by atoms with E-state index in [1.807, 2.05) is 6.92 Å². The van der Waals surface area contributed by atoms with Gasteiger partial charge in [0.15, 0.2) is 0 Å². The van der Waals surface area contributed by atoms with Gasteiger partial charge in [-0.2, -0.15) is 0 Å². The second-order valence-corrected chi connectivity index (χ2v) is 4.88. The van der Waals surface area contributed by atoms with Gasteiger partial charge in [0, 0.05) is 5.03 Å². The first-order valence-corrected chi connectivity index (χ1v) is 6.72. The standard InChI is InChI=1S/C14H20ClNO/c1-3-4-5-9-14(15)13-8-6-7-12(13)11(2)17-10-16/h3-9H2,1-2H3/b12-11+,14-13+. The summed E-state index contributed by atoms with van der Waals surface area (Å²) >= 11 is 6.37. The summed E-state index contributed by atoms with van der Waals surface area (Å²) in [5, 5.41) is 9.50. The smallest absolute Gasteiger partial charge is 0.291 e. The fraction of sp³-hybridized carbons (Fsp3) is 0.643. The second kappa shape index (κ2) is 7.40. The van der Waals surface area contributed by atoms with Crippen molar-refractivity contribution in [2.45, 2.75) is 58.8 Å². The van der Waals surface area contributed by atoms with Crippen molar-refractivity contribution in [1.29, 1.82) is 5.26 Å². The number of halogens is 1. The summed E-state index contributed by atoms with van der Waals surface area (Å²) in [5.74, 6) is 0.716. The van der Waals surface area contributed by atoms with Crippen LogP contribution < -0.4 is 0 Å². The van der Waals surface area contributed by atoms with Gasteiger partial charge in [-0.1, -0.05) is 31.4 Å². The van der Waals surface area contributed by atoms with Crippen molar-refractivity contribution >= 4 is 11.6 Å². The topological polar surface area (TPSA) is 33.0 Å². The number of nitriles is 1. The minimum Gasteiger partial charge on any atom is -0.393 e. The van der Waals surface area contributed by atoms with E-state index in [9.17, 15) is 0 Å². The first-order valence-electron chi connectivity index (χ1n) is 6.34. The molecule has 0 heterocycles. The van der Waals surface area contributed by atoms with Crippen molar-refractivity contribution in [1.82, 2.24) is 0 Å². The average molecular weight is 254 g/mol. The van der Waals surface area contributed by atoms with E-state index in [4.69, 9.17) is 21.6 Å². The zero-order valence-corrected chi connectivity index (χ0v) is 11.4. The molecule has 0 aromatic rings. The molecule has 0 aromatic heterocycles. The van der Waals surface area contributed by atoms with Crippen LogP contribution in [0.2, 0.25) is 0 Å². The summed E-state index contributed by atoms with van der Waals surface area (Å²) in [5.41, 5.74) is 2.36. The molecule has 94 valence electrons. The Hall–Kier alpha value is -0.940. The van der Waals surface area contributed by atoms with E-state index in [1.165, 1.54) is 18.4 Å².